The summed E-state index contributed by atoms with van der Waals surface area (Å²) in [7, 11) is 0. The first-order chi connectivity index (χ1) is 18.2. The van der Waals surface area contributed by atoms with Gasteiger partial charge in [-0.1, -0.05) is 47.2 Å². The third-order valence-corrected chi connectivity index (χ3v) is 7.34. The fourth-order valence-corrected chi connectivity index (χ4v) is 5.49. The van der Waals surface area contributed by atoms with Gasteiger partial charge in [-0.25, -0.2) is 0 Å². The SMILES string of the molecule is CC1=C(C(=O)Nc2c(C)cc(C)cc2C)[C@@H](c2ccco2)C(C#N)=C(SCC(=O)Nc2ccc(C)cc2)N1. The maximum atomic E-state index is 13.7. The summed E-state index contributed by atoms with van der Waals surface area (Å²) in [6.07, 6.45) is 1.52. The van der Waals surface area contributed by atoms with Gasteiger partial charge in [0.2, 0.25) is 5.91 Å². The van der Waals surface area contributed by atoms with Crippen molar-refractivity contribution in [3.63, 3.8) is 0 Å². The topological polar surface area (TPSA) is 107 Å². The molecule has 2 heterocycles. The lowest BCUT2D eigenvalue weighted by molar-refractivity contribution is -0.114. The van der Waals surface area contributed by atoms with Gasteiger partial charge in [0, 0.05) is 17.1 Å². The van der Waals surface area contributed by atoms with Gasteiger partial charge in [0.1, 0.15) is 5.76 Å². The number of allylic oxidation sites excluding steroid dienone is 2. The molecular formula is C30H30N4O3S. The van der Waals surface area contributed by atoms with Crippen molar-refractivity contribution in [2.24, 2.45) is 0 Å². The number of carbonyl (C=O) groups excluding carboxylic acids is 2. The van der Waals surface area contributed by atoms with Crippen molar-refractivity contribution < 1.29 is 14.0 Å². The van der Waals surface area contributed by atoms with Gasteiger partial charge < -0.3 is 20.4 Å². The molecule has 0 saturated heterocycles. The molecule has 0 saturated carbocycles. The van der Waals surface area contributed by atoms with E-state index in [0.717, 1.165) is 27.9 Å². The molecule has 8 heteroatoms. The molecule has 0 bridgehead atoms. The number of rotatable bonds is 7. The van der Waals surface area contributed by atoms with Gasteiger partial charge in [-0.05, 0) is 70.0 Å². The quantitative estimate of drug-likeness (QED) is 0.337. The minimum Gasteiger partial charge on any atom is -0.468 e. The molecule has 0 spiro atoms. The molecule has 3 aromatic rings. The van der Waals surface area contributed by atoms with Crippen LogP contribution in [-0.2, 0) is 9.59 Å². The molecule has 3 N–H and O–H groups in total. The van der Waals surface area contributed by atoms with Crippen molar-refractivity contribution in [1.82, 2.24) is 5.32 Å². The molecule has 194 valence electrons. The standard InChI is InChI=1S/C30H30N4O3S/c1-17-8-10-22(11-9-17)33-25(35)16-38-30-23(15-31)27(24-7-6-12-37-24)26(21(5)32-30)29(36)34-28-19(3)13-18(2)14-20(28)4/h6-14,27,32H,16H2,1-5H3,(H,33,35)(H,34,36)/t27-/m1/s1. The molecule has 1 aromatic heterocycles. The smallest absolute Gasteiger partial charge is 0.254 e. The van der Waals surface area contributed by atoms with Crippen molar-refractivity contribution in [2.45, 2.75) is 40.5 Å². The zero-order valence-corrected chi connectivity index (χ0v) is 22.9. The summed E-state index contributed by atoms with van der Waals surface area (Å²) in [5, 5.41) is 19.9. The Kier molecular flexibility index (Phi) is 8.08. The van der Waals surface area contributed by atoms with Crippen LogP contribution in [0.3, 0.4) is 0 Å². The van der Waals surface area contributed by atoms with E-state index in [1.807, 2.05) is 64.1 Å². The summed E-state index contributed by atoms with van der Waals surface area (Å²) >= 11 is 1.22. The molecule has 38 heavy (non-hydrogen) atoms. The highest BCUT2D eigenvalue weighted by Crippen LogP contribution is 2.41. The predicted molar refractivity (Wildman–Crippen MR) is 151 cm³/mol. The Bertz CT molecular complexity index is 1460. The van der Waals surface area contributed by atoms with Crippen LogP contribution >= 0.6 is 11.8 Å². The number of benzene rings is 2. The van der Waals surface area contributed by atoms with E-state index in [1.165, 1.54) is 18.0 Å². The number of nitriles is 1. The van der Waals surface area contributed by atoms with Crippen LogP contribution in [0.5, 0.6) is 0 Å². The Balaban J connectivity index is 1.60. The van der Waals surface area contributed by atoms with Gasteiger partial charge in [-0.3, -0.25) is 9.59 Å². The number of nitrogens with one attached hydrogen (secondary N) is 3. The number of nitrogens with zero attached hydrogens (tertiary/aromatic N) is 1. The zero-order chi connectivity index (χ0) is 27.4. The number of carbonyl (C=O) groups is 2. The maximum absolute atomic E-state index is 13.7. The van der Waals surface area contributed by atoms with Crippen LogP contribution in [0, 0.1) is 39.0 Å². The van der Waals surface area contributed by atoms with Gasteiger partial charge in [0.15, 0.2) is 0 Å². The highest BCUT2D eigenvalue weighted by Gasteiger charge is 2.36. The lowest BCUT2D eigenvalue weighted by atomic mass is 9.85. The van der Waals surface area contributed by atoms with Gasteiger partial charge in [-0.15, -0.1) is 0 Å². The summed E-state index contributed by atoms with van der Waals surface area (Å²) in [6, 6.07) is 17.3. The maximum Gasteiger partial charge on any atom is 0.254 e. The highest BCUT2D eigenvalue weighted by molar-refractivity contribution is 8.03. The average Bonchev–Trinajstić information content (AvgIpc) is 3.40. The number of amides is 2. The van der Waals surface area contributed by atoms with E-state index in [1.54, 1.807) is 19.1 Å². The minimum absolute atomic E-state index is 0.0861. The van der Waals surface area contributed by atoms with E-state index in [4.69, 9.17) is 4.42 Å². The average molecular weight is 527 g/mol. The Morgan fingerprint density at radius 2 is 1.68 bits per heavy atom. The predicted octanol–water partition coefficient (Wildman–Crippen LogP) is 6.22. The molecule has 1 aliphatic heterocycles. The number of aryl methyl sites for hydroxylation is 4. The molecule has 1 atom stereocenters. The van der Waals surface area contributed by atoms with Gasteiger partial charge in [0.05, 0.1) is 40.2 Å². The molecule has 7 nitrogen and oxygen atoms in total. The van der Waals surface area contributed by atoms with Crippen LogP contribution in [0.2, 0.25) is 0 Å². The lowest BCUT2D eigenvalue weighted by Crippen LogP contribution is -2.31. The summed E-state index contributed by atoms with van der Waals surface area (Å²) < 4.78 is 5.69. The Labute approximate surface area is 227 Å². The second-order valence-electron chi connectivity index (χ2n) is 9.40. The van der Waals surface area contributed by atoms with Crippen molar-refractivity contribution in [3.8, 4) is 6.07 Å². The fraction of sp³-hybridized carbons (Fsp3) is 0.233. The second kappa shape index (κ2) is 11.4. The lowest BCUT2D eigenvalue weighted by Gasteiger charge is -2.28. The van der Waals surface area contributed by atoms with Gasteiger partial charge >= 0.3 is 0 Å². The summed E-state index contributed by atoms with van der Waals surface area (Å²) in [5.41, 5.74) is 6.89. The van der Waals surface area contributed by atoms with Crippen LogP contribution in [0.25, 0.3) is 0 Å². The highest BCUT2D eigenvalue weighted by atomic mass is 32.2. The van der Waals surface area contributed by atoms with E-state index in [9.17, 15) is 14.9 Å². The van der Waals surface area contributed by atoms with Crippen LogP contribution in [0.4, 0.5) is 11.4 Å². The molecule has 0 radical (unpaired) electrons. The number of hydrogen-bond acceptors (Lipinski definition) is 6. The summed E-state index contributed by atoms with van der Waals surface area (Å²) in [6.45, 7) is 9.70. The Morgan fingerprint density at radius 3 is 2.29 bits per heavy atom. The molecule has 2 amide bonds. The summed E-state index contributed by atoms with van der Waals surface area (Å²) in [4.78, 5) is 26.3. The first-order valence-electron chi connectivity index (χ1n) is 12.2. The Morgan fingerprint density at radius 1 is 1.00 bits per heavy atom. The molecule has 1 aliphatic rings. The third kappa shape index (κ3) is 5.84. The van der Waals surface area contributed by atoms with E-state index < -0.39 is 5.92 Å². The zero-order valence-electron chi connectivity index (χ0n) is 22.1. The van der Waals surface area contributed by atoms with Crippen molar-refractivity contribution in [2.75, 3.05) is 16.4 Å². The number of anilines is 2. The van der Waals surface area contributed by atoms with Crippen LogP contribution in [0.1, 0.15) is 40.9 Å². The number of furan rings is 1. The fourth-order valence-electron chi connectivity index (χ4n) is 4.60. The van der Waals surface area contributed by atoms with Crippen LogP contribution in [0.15, 0.2) is 81.1 Å². The monoisotopic (exact) mass is 526 g/mol. The van der Waals surface area contributed by atoms with Gasteiger partial charge in [0.25, 0.3) is 5.91 Å². The normalized spacial score (nSPS) is 15.1. The third-order valence-electron chi connectivity index (χ3n) is 6.32. The van der Waals surface area contributed by atoms with Gasteiger partial charge in [-0.2, -0.15) is 5.26 Å². The van der Waals surface area contributed by atoms with E-state index in [2.05, 4.69) is 22.0 Å². The summed E-state index contributed by atoms with van der Waals surface area (Å²) in [5.74, 6) is -0.670. The first-order valence-corrected chi connectivity index (χ1v) is 13.2. The van der Waals surface area contributed by atoms with Crippen LogP contribution < -0.4 is 16.0 Å². The van der Waals surface area contributed by atoms with Crippen LogP contribution in [-0.4, -0.2) is 17.6 Å². The first kappa shape index (κ1) is 26.8. The largest absolute Gasteiger partial charge is 0.468 e. The minimum atomic E-state index is -0.718. The van der Waals surface area contributed by atoms with E-state index in [-0.39, 0.29) is 17.6 Å². The number of hydrogen-bond donors (Lipinski definition) is 3. The van der Waals surface area contributed by atoms with Crippen molar-refractivity contribution in [3.05, 3.63) is 105 Å². The molecule has 0 fully saturated rings. The number of dihydropyridines is 1. The Hall–Kier alpha value is -4.22. The molecule has 2 aromatic carbocycles. The molecule has 0 unspecified atom stereocenters. The molecule has 4 rings (SSSR count). The molecular weight excluding hydrogens is 496 g/mol. The van der Waals surface area contributed by atoms with Crippen molar-refractivity contribution in [1.29, 1.82) is 5.26 Å². The number of thioether (sulfide) groups is 1. The van der Waals surface area contributed by atoms with E-state index >= 15 is 0 Å². The second-order valence-corrected chi connectivity index (χ2v) is 10.4. The van der Waals surface area contributed by atoms with Crippen molar-refractivity contribution >= 4 is 35.0 Å². The van der Waals surface area contributed by atoms with E-state index in [0.29, 0.717) is 33.3 Å². The molecule has 0 aliphatic carbocycles.